The van der Waals surface area contributed by atoms with Gasteiger partial charge in [-0.15, -0.1) is 0 Å². The van der Waals surface area contributed by atoms with Crippen LogP contribution in [0, 0.1) is 0 Å². The fourth-order valence-electron chi connectivity index (χ4n) is 3.60. The summed E-state index contributed by atoms with van der Waals surface area (Å²) < 4.78 is 12.5. The Balaban J connectivity index is 2.19. The molecule has 3 aromatic carbocycles. The number of hydrogen-bond acceptors (Lipinski definition) is 2. The molecular formula is C25H32O2. The Kier molecular flexibility index (Phi) is 6.98. The number of hydrogen-bond donors (Lipinski definition) is 0. The zero-order valence-electron chi connectivity index (χ0n) is 17.0. The van der Waals surface area contributed by atoms with E-state index in [9.17, 15) is 0 Å². The smallest absolute Gasteiger partial charge is 0.135 e. The van der Waals surface area contributed by atoms with Crippen LogP contribution >= 0.6 is 0 Å². The van der Waals surface area contributed by atoms with Crippen molar-refractivity contribution in [3.63, 3.8) is 0 Å². The maximum absolute atomic E-state index is 6.27. The highest BCUT2D eigenvalue weighted by atomic mass is 16.5. The minimum absolute atomic E-state index is 0.729. The summed E-state index contributed by atoms with van der Waals surface area (Å²) in [7, 11) is 0. The molecule has 0 aliphatic carbocycles. The molecular weight excluding hydrogens is 332 g/mol. The van der Waals surface area contributed by atoms with Crippen LogP contribution in [0.2, 0.25) is 0 Å². The molecule has 144 valence electrons. The summed E-state index contributed by atoms with van der Waals surface area (Å²) in [5.41, 5.74) is 1.38. The first kappa shape index (κ1) is 19.5. The fourth-order valence-corrected chi connectivity index (χ4v) is 3.60. The largest absolute Gasteiger partial charge is 0.492 e. The van der Waals surface area contributed by atoms with Crippen molar-refractivity contribution in [3.8, 4) is 11.5 Å². The van der Waals surface area contributed by atoms with Crippen molar-refractivity contribution in [2.45, 2.75) is 59.3 Å². The lowest BCUT2D eigenvalue weighted by Crippen LogP contribution is -2.01. The summed E-state index contributed by atoms with van der Waals surface area (Å²) in [6, 6.07) is 15.3. The van der Waals surface area contributed by atoms with Crippen molar-refractivity contribution >= 4 is 21.5 Å². The van der Waals surface area contributed by atoms with Crippen molar-refractivity contribution in [2.24, 2.45) is 0 Å². The average molecular weight is 365 g/mol. The zero-order chi connectivity index (χ0) is 19.1. The number of benzene rings is 3. The summed E-state index contributed by atoms with van der Waals surface area (Å²) in [6.45, 7) is 8.01. The van der Waals surface area contributed by atoms with Crippen LogP contribution in [0.15, 0.2) is 42.5 Å². The molecule has 0 N–H and O–H groups in total. The van der Waals surface area contributed by atoms with Crippen molar-refractivity contribution in [3.05, 3.63) is 48.0 Å². The Morgan fingerprint density at radius 2 is 1.22 bits per heavy atom. The maximum Gasteiger partial charge on any atom is 0.135 e. The van der Waals surface area contributed by atoms with Gasteiger partial charge in [-0.1, -0.05) is 70.0 Å². The van der Waals surface area contributed by atoms with Crippen LogP contribution in [0.5, 0.6) is 11.5 Å². The molecule has 0 bridgehead atoms. The van der Waals surface area contributed by atoms with E-state index < -0.39 is 0 Å². The van der Waals surface area contributed by atoms with Gasteiger partial charge in [-0.3, -0.25) is 0 Å². The summed E-state index contributed by atoms with van der Waals surface area (Å²) in [4.78, 5) is 0. The highest BCUT2D eigenvalue weighted by Crippen LogP contribution is 2.43. The number of ether oxygens (including phenoxy) is 2. The van der Waals surface area contributed by atoms with Gasteiger partial charge in [0, 0.05) is 21.5 Å². The lowest BCUT2D eigenvalue weighted by molar-refractivity contribution is 0.319. The van der Waals surface area contributed by atoms with Crippen molar-refractivity contribution in [2.75, 3.05) is 13.2 Å². The molecule has 0 saturated carbocycles. The summed E-state index contributed by atoms with van der Waals surface area (Å²) in [5.74, 6) is 2.00. The predicted molar refractivity (Wildman–Crippen MR) is 116 cm³/mol. The van der Waals surface area contributed by atoms with Crippen molar-refractivity contribution in [1.29, 1.82) is 0 Å². The third-order valence-corrected chi connectivity index (χ3v) is 4.96. The second-order valence-electron chi connectivity index (χ2n) is 7.24. The number of fused-ring (bicyclic) bond motifs is 2. The molecule has 0 aliphatic rings. The quantitative estimate of drug-likeness (QED) is 0.277. The Hall–Kier alpha value is -2.22. The minimum atomic E-state index is 0.729. The Labute approximate surface area is 163 Å². The lowest BCUT2D eigenvalue weighted by atomic mass is 9.97. The standard InChI is InChI=1S/C25H32O2/c1-4-7-8-11-19-14-15-22-23(18-19)25(27-17-6-3)21-13-10-9-12-20(21)24(22)26-16-5-2/h9-10,12-15,18H,4-8,11,16-17H2,1-3H3. The molecule has 27 heavy (non-hydrogen) atoms. The molecule has 3 aromatic rings. The second kappa shape index (κ2) is 9.64. The minimum Gasteiger partial charge on any atom is -0.492 e. The fraction of sp³-hybridized carbons (Fsp3) is 0.440. The molecule has 0 amide bonds. The van der Waals surface area contributed by atoms with Gasteiger partial charge in [-0.05, 0) is 37.3 Å². The topological polar surface area (TPSA) is 18.5 Å². The molecule has 0 heterocycles. The van der Waals surface area contributed by atoms with Gasteiger partial charge in [0.2, 0.25) is 0 Å². The van der Waals surface area contributed by atoms with Crippen LogP contribution in [0.3, 0.4) is 0 Å². The first-order valence-electron chi connectivity index (χ1n) is 10.5. The van der Waals surface area contributed by atoms with Gasteiger partial charge in [0.1, 0.15) is 11.5 Å². The zero-order valence-corrected chi connectivity index (χ0v) is 17.0. The SMILES string of the molecule is CCCCCc1ccc2c(OCCC)c3ccccc3c(OCCC)c2c1. The number of rotatable bonds is 10. The van der Waals surface area contributed by atoms with Crippen LogP contribution in [0.4, 0.5) is 0 Å². The van der Waals surface area contributed by atoms with Gasteiger partial charge in [-0.25, -0.2) is 0 Å². The monoisotopic (exact) mass is 364 g/mol. The van der Waals surface area contributed by atoms with Crippen LogP contribution in [-0.2, 0) is 6.42 Å². The van der Waals surface area contributed by atoms with E-state index in [0.29, 0.717) is 0 Å². The average Bonchev–Trinajstić information content (AvgIpc) is 2.70. The summed E-state index contributed by atoms with van der Waals surface area (Å²) in [6.07, 6.45) is 6.88. The Bertz CT molecular complexity index is 882. The van der Waals surface area contributed by atoms with Gasteiger partial charge < -0.3 is 9.47 Å². The second-order valence-corrected chi connectivity index (χ2v) is 7.24. The van der Waals surface area contributed by atoms with E-state index in [-0.39, 0.29) is 0 Å². The maximum atomic E-state index is 6.27. The van der Waals surface area contributed by atoms with Crippen molar-refractivity contribution < 1.29 is 9.47 Å². The third kappa shape index (κ3) is 4.37. The van der Waals surface area contributed by atoms with E-state index >= 15 is 0 Å². The van der Waals surface area contributed by atoms with Crippen LogP contribution in [-0.4, -0.2) is 13.2 Å². The summed E-state index contributed by atoms with van der Waals surface area (Å²) >= 11 is 0. The molecule has 0 fully saturated rings. The van der Waals surface area contributed by atoms with E-state index in [4.69, 9.17) is 9.47 Å². The van der Waals surface area contributed by atoms with Gasteiger partial charge in [0.05, 0.1) is 13.2 Å². The number of aryl methyl sites for hydroxylation is 1. The van der Waals surface area contributed by atoms with E-state index in [1.807, 2.05) is 0 Å². The highest BCUT2D eigenvalue weighted by molar-refractivity contribution is 6.11. The Morgan fingerprint density at radius 1 is 0.630 bits per heavy atom. The number of unbranched alkanes of at least 4 members (excludes halogenated alkanes) is 2. The molecule has 0 aliphatic heterocycles. The molecule has 0 unspecified atom stereocenters. The van der Waals surface area contributed by atoms with E-state index in [1.165, 1.54) is 30.2 Å². The van der Waals surface area contributed by atoms with Crippen LogP contribution in [0.1, 0.15) is 58.4 Å². The third-order valence-electron chi connectivity index (χ3n) is 4.96. The lowest BCUT2D eigenvalue weighted by Gasteiger charge is -2.18. The van der Waals surface area contributed by atoms with E-state index in [0.717, 1.165) is 60.1 Å². The molecule has 0 radical (unpaired) electrons. The molecule has 0 spiro atoms. The predicted octanol–water partition coefficient (Wildman–Crippen LogP) is 7.30. The van der Waals surface area contributed by atoms with Gasteiger partial charge >= 0.3 is 0 Å². The molecule has 0 aromatic heterocycles. The van der Waals surface area contributed by atoms with Gasteiger partial charge in [0.25, 0.3) is 0 Å². The van der Waals surface area contributed by atoms with E-state index in [1.54, 1.807) is 0 Å². The van der Waals surface area contributed by atoms with Gasteiger partial charge in [0.15, 0.2) is 0 Å². The molecule has 3 rings (SSSR count). The summed E-state index contributed by atoms with van der Waals surface area (Å²) in [5, 5.41) is 4.63. The molecule has 0 saturated heterocycles. The van der Waals surface area contributed by atoms with Crippen molar-refractivity contribution in [1.82, 2.24) is 0 Å². The Morgan fingerprint density at radius 3 is 1.81 bits per heavy atom. The van der Waals surface area contributed by atoms with Crippen LogP contribution in [0.25, 0.3) is 21.5 Å². The van der Waals surface area contributed by atoms with Gasteiger partial charge in [-0.2, -0.15) is 0 Å². The molecule has 2 nitrogen and oxygen atoms in total. The van der Waals surface area contributed by atoms with Crippen LogP contribution < -0.4 is 9.47 Å². The highest BCUT2D eigenvalue weighted by Gasteiger charge is 2.16. The first-order chi connectivity index (χ1) is 13.3. The molecule has 0 atom stereocenters. The van der Waals surface area contributed by atoms with E-state index in [2.05, 4.69) is 63.2 Å². The molecule has 2 heteroatoms. The first-order valence-corrected chi connectivity index (χ1v) is 10.5. The normalized spacial score (nSPS) is 11.2.